The lowest BCUT2D eigenvalue weighted by atomic mass is 10.1. The smallest absolute Gasteiger partial charge is 0.253 e. The van der Waals surface area contributed by atoms with Crippen LogP contribution in [-0.4, -0.2) is 57.9 Å². The third kappa shape index (κ3) is 5.39. The van der Waals surface area contributed by atoms with Crippen LogP contribution in [0.2, 0.25) is 0 Å². The lowest BCUT2D eigenvalue weighted by Crippen LogP contribution is -2.51. The molecule has 0 atom stereocenters. The Bertz CT molecular complexity index is 1110. The highest BCUT2D eigenvalue weighted by molar-refractivity contribution is 5.94. The molecule has 1 aromatic carbocycles. The second-order valence-corrected chi connectivity index (χ2v) is 8.28. The number of carbonyl (C=O) groups is 2. The van der Waals surface area contributed by atoms with E-state index in [1.54, 1.807) is 16.0 Å². The Labute approximate surface area is 193 Å². The Morgan fingerprint density at radius 2 is 1.79 bits per heavy atom. The summed E-state index contributed by atoms with van der Waals surface area (Å²) in [4.78, 5) is 33.6. The number of pyridine rings is 1. The first-order valence-electron chi connectivity index (χ1n) is 11.0. The number of benzene rings is 1. The topological polar surface area (TPSA) is 88.8 Å². The van der Waals surface area contributed by atoms with Crippen molar-refractivity contribution in [3.05, 3.63) is 76.4 Å². The normalized spacial score (nSPS) is 13.8. The molecular formula is C25H28N4O4. The highest BCUT2D eigenvalue weighted by Crippen LogP contribution is 2.17. The zero-order chi connectivity index (χ0) is 23.4. The minimum absolute atomic E-state index is 0.0289. The molecule has 2 amide bonds. The Morgan fingerprint density at radius 3 is 2.45 bits per heavy atom. The summed E-state index contributed by atoms with van der Waals surface area (Å²) < 4.78 is 10.9. The maximum atomic E-state index is 13.0. The number of aromatic nitrogens is 2. The molecule has 0 radical (unpaired) electrons. The van der Waals surface area contributed by atoms with E-state index in [9.17, 15) is 9.59 Å². The van der Waals surface area contributed by atoms with Gasteiger partial charge in [0.05, 0.1) is 18.3 Å². The fraction of sp³-hybridized carbons (Fsp3) is 0.360. The van der Waals surface area contributed by atoms with Crippen LogP contribution in [0, 0.1) is 20.8 Å². The molecule has 0 saturated carbocycles. The van der Waals surface area contributed by atoms with Crippen molar-refractivity contribution in [2.75, 3.05) is 26.2 Å². The summed E-state index contributed by atoms with van der Waals surface area (Å²) in [5, 5.41) is 3.91. The molecule has 172 valence electrons. The molecule has 1 saturated heterocycles. The van der Waals surface area contributed by atoms with Gasteiger partial charge in [0.2, 0.25) is 5.91 Å². The summed E-state index contributed by atoms with van der Waals surface area (Å²) in [7, 11) is 0. The third-order valence-corrected chi connectivity index (χ3v) is 5.89. The fourth-order valence-electron chi connectivity index (χ4n) is 3.86. The van der Waals surface area contributed by atoms with Gasteiger partial charge in [-0.1, -0.05) is 17.3 Å². The molecule has 1 aliphatic heterocycles. The molecule has 0 bridgehead atoms. The van der Waals surface area contributed by atoms with Crippen LogP contribution in [0.3, 0.4) is 0 Å². The highest BCUT2D eigenvalue weighted by atomic mass is 16.5. The Kier molecular flexibility index (Phi) is 6.72. The van der Waals surface area contributed by atoms with Gasteiger partial charge < -0.3 is 19.1 Å². The molecular weight excluding hydrogens is 420 g/mol. The second kappa shape index (κ2) is 9.85. The molecule has 1 fully saturated rings. The van der Waals surface area contributed by atoms with Crippen LogP contribution in [0.25, 0.3) is 0 Å². The SMILES string of the molecule is Cc1ccc(OCc2cccc(C(=O)N3CCN(C(=O)Cc4c(C)noc4C)CC3)c2)cn1. The summed E-state index contributed by atoms with van der Waals surface area (Å²) in [6.45, 7) is 7.96. The summed E-state index contributed by atoms with van der Waals surface area (Å²) >= 11 is 0. The monoisotopic (exact) mass is 448 g/mol. The number of aryl methyl sites for hydroxylation is 3. The van der Waals surface area contributed by atoms with E-state index in [4.69, 9.17) is 9.26 Å². The van der Waals surface area contributed by atoms with Gasteiger partial charge in [-0.2, -0.15) is 0 Å². The van der Waals surface area contributed by atoms with Crippen molar-refractivity contribution in [2.24, 2.45) is 0 Å². The first-order valence-corrected chi connectivity index (χ1v) is 11.0. The number of amides is 2. The van der Waals surface area contributed by atoms with E-state index < -0.39 is 0 Å². The van der Waals surface area contributed by atoms with Gasteiger partial charge in [-0.05, 0) is 50.6 Å². The van der Waals surface area contributed by atoms with E-state index >= 15 is 0 Å². The minimum atomic E-state index is -0.0355. The first kappa shape index (κ1) is 22.5. The number of ether oxygens (including phenoxy) is 1. The van der Waals surface area contributed by atoms with Crippen LogP contribution in [0.1, 0.15) is 38.6 Å². The van der Waals surface area contributed by atoms with E-state index in [1.807, 2.05) is 57.2 Å². The molecule has 3 aromatic rings. The van der Waals surface area contributed by atoms with Crippen molar-refractivity contribution < 1.29 is 18.8 Å². The predicted octanol–water partition coefficient (Wildman–Crippen LogP) is 3.10. The van der Waals surface area contributed by atoms with Crippen LogP contribution >= 0.6 is 0 Å². The summed E-state index contributed by atoms with van der Waals surface area (Å²) in [5.41, 5.74) is 4.06. The van der Waals surface area contributed by atoms with Crippen molar-refractivity contribution in [1.29, 1.82) is 0 Å². The summed E-state index contributed by atoms with van der Waals surface area (Å²) in [6.07, 6.45) is 1.96. The number of hydrogen-bond donors (Lipinski definition) is 0. The zero-order valence-electron chi connectivity index (χ0n) is 19.2. The average Bonchev–Trinajstić information content (AvgIpc) is 3.15. The van der Waals surface area contributed by atoms with Gasteiger partial charge in [0.1, 0.15) is 18.1 Å². The molecule has 33 heavy (non-hydrogen) atoms. The molecule has 8 nitrogen and oxygen atoms in total. The molecule has 0 unspecified atom stereocenters. The van der Waals surface area contributed by atoms with Crippen LogP contribution in [-0.2, 0) is 17.8 Å². The Balaban J connectivity index is 1.31. The molecule has 2 aromatic heterocycles. The van der Waals surface area contributed by atoms with Crippen LogP contribution < -0.4 is 4.74 Å². The number of rotatable bonds is 6. The number of hydrogen-bond acceptors (Lipinski definition) is 6. The fourth-order valence-corrected chi connectivity index (χ4v) is 3.86. The van der Waals surface area contributed by atoms with E-state index in [0.717, 1.165) is 22.5 Å². The van der Waals surface area contributed by atoms with Gasteiger partial charge in [-0.3, -0.25) is 14.6 Å². The number of piperazine rings is 1. The lowest BCUT2D eigenvalue weighted by Gasteiger charge is -2.35. The van der Waals surface area contributed by atoms with Crippen molar-refractivity contribution in [2.45, 2.75) is 33.8 Å². The molecule has 4 rings (SSSR count). The molecule has 3 heterocycles. The zero-order valence-corrected chi connectivity index (χ0v) is 19.2. The van der Waals surface area contributed by atoms with Crippen molar-refractivity contribution in [3.63, 3.8) is 0 Å². The third-order valence-electron chi connectivity index (χ3n) is 5.89. The van der Waals surface area contributed by atoms with Crippen LogP contribution in [0.5, 0.6) is 5.75 Å². The Hall–Kier alpha value is -3.68. The first-order chi connectivity index (χ1) is 15.9. The molecule has 1 aliphatic rings. The maximum Gasteiger partial charge on any atom is 0.253 e. The van der Waals surface area contributed by atoms with Crippen LogP contribution in [0.4, 0.5) is 0 Å². The van der Waals surface area contributed by atoms with Gasteiger partial charge >= 0.3 is 0 Å². The van der Waals surface area contributed by atoms with Gasteiger partial charge in [-0.25, -0.2) is 0 Å². The molecule has 0 N–H and O–H groups in total. The number of carbonyl (C=O) groups excluding carboxylic acids is 2. The standard InChI is InChI=1S/C25H28N4O4/c1-17-7-8-22(15-26-17)32-16-20-5-4-6-21(13-20)25(31)29-11-9-28(10-12-29)24(30)14-23-18(2)27-33-19(23)3/h4-8,13,15H,9-12,14,16H2,1-3H3. The van der Waals surface area contributed by atoms with E-state index in [-0.39, 0.29) is 18.2 Å². The number of nitrogens with zero attached hydrogens (tertiary/aromatic N) is 4. The highest BCUT2D eigenvalue weighted by Gasteiger charge is 2.26. The van der Waals surface area contributed by atoms with E-state index in [2.05, 4.69) is 10.1 Å². The molecule has 0 aliphatic carbocycles. The predicted molar refractivity (Wildman–Crippen MR) is 122 cm³/mol. The van der Waals surface area contributed by atoms with Gasteiger partial charge in [0.15, 0.2) is 0 Å². The van der Waals surface area contributed by atoms with Crippen molar-refractivity contribution >= 4 is 11.8 Å². The quantitative estimate of drug-likeness (QED) is 0.576. The lowest BCUT2D eigenvalue weighted by molar-refractivity contribution is -0.131. The maximum absolute atomic E-state index is 13.0. The van der Waals surface area contributed by atoms with Gasteiger partial charge in [0.25, 0.3) is 5.91 Å². The summed E-state index contributed by atoms with van der Waals surface area (Å²) in [6, 6.07) is 11.2. The van der Waals surface area contributed by atoms with Crippen LogP contribution in [0.15, 0.2) is 47.1 Å². The molecule has 8 heteroatoms. The average molecular weight is 449 g/mol. The largest absolute Gasteiger partial charge is 0.487 e. The van der Waals surface area contributed by atoms with Gasteiger partial charge in [0, 0.05) is 43.0 Å². The second-order valence-electron chi connectivity index (χ2n) is 8.28. The van der Waals surface area contributed by atoms with Crippen molar-refractivity contribution in [3.8, 4) is 5.75 Å². The van der Waals surface area contributed by atoms with Gasteiger partial charge in [-0.15, -0.1) is 0 Å². The van der Waals surface area contributed by atoms with E-state index in [0.29, 0.717) is 49.9 Å². The molecule has 0 spiro atoms. The Morgan fingerprint density at radius 1 is 1.03 bits per heavy atom. The van der Waals surface area contributed by atoms with Crippen molar-refractivity contribution in [1.82, 2.24) is 19.9 Å². The van der Waals surface area contributed by atoms with E-state index in [1.165, 1.54) is 0 Å². The minimum Gasteiger partial charge on any atom is -0.487 e. The summed E-state index contributed by atoms with van der Waals surface area (Å²) in [5.74, 6) is 1.36.